The van der Waals surface area contributed by atoms with Crippen LogP contribution in [0.25, 0.3) is 0 Å². The summed E-state index contributed by atoms with van der Waals surface area (Å²) < 4.78 is 3.68. The van der Waals surface area contributed by atoms with E-state index < -0.39 is 10.3 Å². The number of rotatable bonds is 5. The molecule has 92 valence electrons. The molecule has 3 nitrogen and oxygen atoms in total. The van der Waals surface area contributed by atoms with E-state index in [-0.39, 0.29) is 5.78 Å². The van der Waals surface area contributed by atoms with E-state index in [1.54, 1.807) is 24.3 Å². The van der Waals surface area contributed by atoms with E-state index in [0.29, 0.717) is 12.2 Å². The summed E-state index contributed by atoms with van der Waals surface area (Å²) in [5.74, 6) is -0.840. The van der Waals surface area contributed by atoms with Crippen molar-refractivity contribution in [2.75, 3.05) is 6.61 Å². The van der Waals surface area contributed by atoms with Gasteiger partial charge in [0.05, 0.1) is 6.61 Å². The molecule has 0 bridgehead atoms. The minimum absolute atomic E-state index is 0.292. The minimum atomic E-state index is -1.32. The Labute approximate surface area is 109 Å². The topological polar surface area (TPSA) is 43.4 Å². The zero-order valence-electron chi connectivity index (χ0n) is 9.90. The van der Waals surface area contributed by atoms with Gasteiger partial charge in [-0.2, -0.15) is 0 Å². The van der Waals surface area contributed by atoms with Gasteiger partial charge in [-0.05, 0) is 13.3 Å². The highest BCUT2D eigenvalue weighted by Gasteiger charge is 2.40. The predicted octanol–water partition coefficient (Wildman–Crippen LogP) is 2.98. The Morgan fingerprint density at radius 3 is 2.41 bits per heavy atom. The Kier molecular flexibility index (Phi) is 4.87. The van der Waals surface area contributed by atoms with Crippen LogP contribution in [0, 0.1) is 0 Å². The van der Waals surface area contributed by atoms with Crippen LogP contribution < -0.4 is 0 Å². The van der Waals surface area contributed by atoms with Gasteiger partial charge in [0.15, 0.2) is 10.1 Å². The first-order valence-electron chi connectivity index (χ1n) is 5.46. The second-order valence-electron chi connectivity index (χ2n) is 3.83. The fraction of sp³-hybridized carbons (Fsp3) is 0.385. The molecule has 1 rings (SSSR count). The van der Waals surface area contributed by atoms with Crippen LogP contribution in [0.15, 0.2) is 30.3 Å². The fourth-order valence-corrected chi connectivity index (χ4v) is 1.63. The van der Waals surface area contributed by atoms with Crippen LogP contribution in [0.5, 0.6) is 0 Å². The third-order valence-corrected chi connectivity index (χ3v) is 2.97. The molecule has 0 aliphatic heterocycles. The molecule has 1 atom stereocenters. The van der Waals surface area contributed by atoms with E-state index in [2.05, 4.69) is 15.9 Å². The van der Waals surface area contributed by atoms with Gasteiger partial charge in [0.25, 0.3) is 0 Å². The van der Waals surface area contributed by atoms with Crippen molar-refractivity contribution in [2.24, 2.45) is 0 Å². The summed E-state index contributed by atoms with van der Waals surface area (Å²) in [6.07, 6.45) is 0.731. The van der Waals surface area contributed by atoms with Crippen molar-refractivity contribution in [2.45, 2.75) is 24.6 Å². The number of ether oxygens (including phenoxy) is 1. The average Bonchev–Trinajstić information content (AvgIpc) is 2.35. The standard InChI is InChI=1S/C13H15BrO3/c1-3-9-17-12(16)13(2,14)11(15)10-7-5-4-6-8-10/h4-8H,3,9H2,1-2H3. The molecule has 1 aromatic carbocycles. The van der Waals surface area contributed by atoms with E-state index >= 15 is 0 Å². The van der Waals surface area contributed by atoms with Crippen LogP contribution in [0.2, 0.25) is 0 Å². The maximum Gasteiger partial charge on any atom is 0.330 e. The molecular formula is C13H15BrO3. The molecule has 0 spiro atoms. The van der Waals surface area contributed by atoms with E-state index in [4.69, 9.17) is 4.74 Å². The zero-order chi connectivity index (χ0) is 12.9. The van der Waals surface area contributed by atoms with Gasteiger partial charge >= 0.3 is 5.97 Å². The van der Waals surface area contributed by atoms with Crippen molar-refractivity contribution >= 4 is 27.7 Å². The van der Waals surface area contributed by atoms with Crippen molar-refractivity contribution in [3.63, 3.8) is 0 Å². The summed E-state index contributed by atoms with van der Waals surface area (Å²) in [5, 5.41) is 0. The summed E-state index contributed by atoms with van der Waals surface area (Å²) in [6.45, 7) is 3.74. The molecule has 0 amide bonds. The molecule has 4 heteroatoms. The number of esters is 1. The summed E-state index contributed by atoms with van der Waals surface area (Å²) >= 11 is 3.16. The lowest BCUT2D eigenvalue weighted by Crippen LogP contribution is -2.39. The molecule has 1 aromatic rings. The normalized spacial score (nSPS) is 13.8. The largest absolute Gasteiger partial charge is 0.464 e. The zero-order valence-corrected chi connectivity index (χ0v) is 11.5. The minimum Gasteiger partial charge on any atom is -0.464 e. The van der Waals surface area contributed by atoms with Crippen LogP contribution in [0.1, 0.15) is 30.6 Å². The Morgan fingerprint density at radius 2 is 1.88 bits per heavy atom. The maximum atomic E-state index is 12.1. The lowest BCUT2D eigenvalue weighted by Gasteiger charge is -2.19. The number of alkyl halides is 1. The SMILES string of the molecule is CCCOC(=O)C(C)(Br)C(=O)c1ccccc1. The fourth-order valence-electron chi connectivity index (χ4n) is 1.28. The number of ketones is 1. The number of carbonyl (C=O) groups excluding carboxylic acids is 2. The second kappa shape index (κ2) is 5.96. The van der Waals surface area contributed by atoms with E-state index in [9.17, 15) is 9.59 Å². The second-order valence-corrected chi connectivity index (χ2v) is 5.42. The third kappa shape index (κ3) is 3.40. The van der Waals surface area contributed by atoms with Crippen LogP contribution in [-0.2, 0) is 9.53 Å². The van der Waals surface area contributed by atoms with Crippen molar-refractivity contribution in [3.05, 3.63) is 35.9 Å². The first kappa shape index (κ1) is 13.9. The number of hydrogen-bond acceptors (Lipinski definition) is 3. The molecule has 0 saturated carbocycles. The highest BCUT2D eigenvalue weighted by atomic mass is 79.9. The molecule has 1 unspecified atom stereocenters. The maximum absolute atomic E-state index is 12.1. The lowest BCUT2D eigenvalue weighted by molar-refractivity contribution is -0.144. The monoisotopic (exact) mass is 298 g/mol. The van der Waals surface area contributed by atoms with Crippen molar-refractivity contribution < 1.29 is 14.3 Å². The Balaban J connectivity index is 2.83. The number of carbonyl (C=O) groups is 2. The number of halogens is 1. The van der Waals surface area contributed by atoms with E-state index in [1.165, 1.54) is 6.92 Å². The smallest absolute Gasteiger partial charge is 0.330 e. The van der Waals surface area contributed by atoms with Crippen LogP contribution in [-0.4, -0.2) is 22.7 Å². The molecule has 0 radical (unpaired) electrons. The highest BCUT2D eigenvalue weighted by molar-refractivity contribution is 9.10. The number of Topliss-reactive ketones (excluding diaryl/α,β-unsaturated/α-hetero) is 1. The Bertz CT molecular complexity index is 398. The average molecular weight is 299 g/mol. The van der Waals surface area contributed by atoms with Crippen molar-refractivity contribution in [1.82, 2.24) is 0 Å². The molecule has 17 heavy (non-hydrogen) atoms. The summed E-state index contributed by atoms with van der Waals surface area (Å²) in [6, 6.07) is 8.68. The molecule has 0 saturated heterocycles. The number of benzene rings is 1. The van der Waals surface area contributed by atoms with Gasteiger partial charge in [-0.15, -0.1) is 0 Å². The number of hydrogen-bond donors (Lipinski definition) is 0. The summed E-state index contributed by atoms with van der Waals surface area (Å²) in [4.78, 5) is 23.9. The van der Waals surface area contributed by atoms with Crippen LogP contribution in [0.4, 0.5) is 0 Å². The quantitative estimate of drug-likeness (QED) is 0.363. The lowest BCUT2D eigenvalue weighted by atomic mass is 9.99. The van der Waals surface area contributed by atoms with Crippen LogP contribution in [0.3, 0.4) is 0 Å². The summed E-state index contributed by atoms with van der Waals surface area (Å²) in [7, 11) is 0. The van der Waals surface area contributed by atoms with Gasteiger partial charge in [-0.3, -0.25) is 9.59 Å². The predicted molar refractivity (Wildman–Crippen MR) is 69.4 cm³/mol. The molecule has 0 fully saturated rings. The third-order valence-electron chi connectivity index (χ3n) is 2.28. The first-order valence-corrected chi connectivity index (χ1v) is 6.25. The van der Waals surface area contributed by atoms with E-state index in [1.807, 2.05) is 13.0 Å². The van der Waals surface area contributed by atoms with Crippen molar-refractivity contribution in [3.8, 4) is 0 Å². The van der Waals surface area contributed by atoms with E-state index in [0.717, 1.165) is 6.42 Å². The van der Waals surface area contributed by atoms with Gasteiger partial charge in [-0.25, -0.2) is 0 Å². The molecule has 0 aliphatic rings. The highest BCUT2D eigenvalue weighted by Crippen LogP contribution is 2.24. The van der Waals surface area contributed by atoms with Gasteiger partial charge in [0.2, 0.25) is 0 Å². The molecular weight excluding hydrogens is 284 g/mol. The van der Waals surface area contributed by atoms with Gasteiger partial charge < -0.3 is 4.74 Å². The molecule has 0 N–H and O–H groups in total. The van der Waals surface area contributed by atoms with Crippen molar-refractivity contribution in [1.29, 1.82) is 0 Å². The summed E-state index contributed by atoms with van der Waals surface area (Å²) in [5.41, 5.74) is 0.486. The molecule has 0 aliphatic carbocycles. The molecule has 0 heterocycles. The first-order chi connectivity index (χ1) is 8.00. The van der Waals surface area contributed by atoms with Gasteiger partial charge in [0, 0.05) is 5.56 Å². The van der Waals surface area contributed by atoms with Gasteiger partial charge in [0.1, 0.15) is 0 Å². The Morgan fingerprint density at radius 1 is 1.29 bits per heavy atom. The van der Waals surface area contributed by atoms with Gasteiger partial charge in [-0.1, -0.05) is 53.2 Å². The molecule has 0 aromatic heterocycles. The Hall–Kier alpha value is -1.16. The van der Waals surface area contributed by atoms with Crippen LogP contribution >= 0.6 is 15.9 Å².